The van der Waals surface area contributed by atoms with E-state index in [0.717, 1.165) is 5.56 Å². The summed E-state index contributed by atoms with van der Waals surface area (Å²) >= 11 is 6.30. The first-order chi connectivity index (χ1) is 16.3. The third kappa shape index (κ3) is 4.47. The van der Waals surface area contributed by atoms with Gasteiger partial charge in [0.25, 0.3) is 0 Å². The zero-order valence-corrected chi connectivity index (χ0v) is 20.3. The summed E-state index contributed by atoms with van der Waals surface area (Å²) in [6.45, 7) is 4.00. The molecule has 1 unspecified atom stereocenters. The number of hydrogen-bond donors (Lipinski definition) is 1. The summed E-state index contributed by atoms with van der Waals surface area (Å²) in [7, 11) is 1.43. The first kappa shape index (κ1) is 24.0. The normalized spacial score (nSPS) is 22.2. The number of hydrogen-bond acceptors (Lipinski definition) is 6. The number of benzene rings is 2. The van der Waals surface area contributed by atoms with Crippen LogP contribution in [0.2, 0.25) is 5.02 Å². The SMILES string of the molecule is CCCOC(=O)C1C(C)=NC2=C(C(=O)C[C@@H](c3ccccc3)C2)[C@H]1c1cc(Cl)c(O)c(OC)c1. The number of ether oxygens (including phenoxy) is 2. The van der Waals surface area contributed by atoms with Crippen LogP contribution in [0.1, 0.15) is 56.1 Å². The van der Waals surface area contributed by atoms with E-state index in [1.165, 1.54) is 7.11 Å². The number of halogens is 1. The summed E-state index contributed by atoms with van der Waals surface area (Å²) in [5.41, 5.74) is 3.49. The average Bonchev–Trinajstić information content (AvgIpc) is 2.83. The maximum Gasteiger partial charge on any atom is 0.315 e. The number of aromatic hydroxyl groups is 1. The van der Waals surface area contributed by atoms with E-state index in [1.807, 2.05) is 37.3 Å². The Morgan fingerprint density at radius 3 is 2.59 bits per heavy atom. The molecule has 3 atom stereocenters. The summed E-state index contributed by atoms with van der Waals surface area (Å²) in [5, 5.41) is 10.3. The largest absolute Gasteiger partial charge is 0.503 e. The van der Waals surface area contributed by atoms with Gasteiger partial charge in [0.15, 0.2) is 17.3 Å². The zero-order chi connectivity index (χ0) is 24.4. The Morgan fingerprint density at radius 2 is 1.91 bits per heavy atom. The number of Topliss-reactive ketones (excluding diaryl/α,β-unsaturated/α-hetero) is 1. The smallest absolute Gasteiger partial charge is 0.315 e. The predicted octanol–water partition coefficient (Wildman–Crippen LogP) is 5.58. The number of phenols is 1. The zero-order valence-electron chi connectivity index (χ0n) is 19.5. The maximum absolute atomic E-state index is 13.6. The Balaban J connectivity index is 1.84. The van der Waals surface area contributed by atoms with Gasteiger partial charge in [-0.15, -0.1) is 0 Å². The molecule has 1 aliphatic carbocycles. The van der Waals surface area contributed by atoms with Crippen LogP contribution in [0.4, 0.5) is 0 Å². The highest BCUT2D eigenvalue weighted by atomic mass is 35.5. The molecule has 7 heteroatoms. The second-order valence-electron chi connectivity index (χ2n) is 8.73. The van der Waals surface area contributed by atoms with Crippen molar-refractivity contribution in [2.45, 2.75) is 44.9 Å². The Labute approximate surface area is 204 Å². The monoisotopic (exact) mass is 481 g/mol. The molecule has 178 valence electrons. The molecule has 0 bridgehead atoms. The second kappa shape index (κ2) is 10.0. The first-order valence-corrected chi connectivity index (χ1v) is 11.8. The van der Waals surface area contributed by atoms with Gasteiger partial charge >= 0.3 is 5.97 Å². The molecule has 0 aromatic heterocycles. The number of ketones is 1. The molecular weight excluding hydrogens is 454 g/mol. The summed E-state index contributed by atoms with van der Waals surface area (Å²) in [6.07, 6.45) is 1.61. The number of methoxy groups -OCH3 is 1. The lowest BCUT2D eigenvalue weighted by molar-refractivity contribution is -0.146. The number of esters is 1. The number of carbonyl (C=O) groups is 2. The third-order valence-electron chi connectivity index (χ3n) is 6.49. The molecular formula is C27H28ClNO5. The molecule has 0 fully saturated rings. The third-order valence-corrected chi connectivity index (χ3v) is 6.78. The van der Waals surface area contributed by atoms with E-state index in [2.05, 4.69) is 0 Å². The van der Waals surface area contributed by atoms with E-state index in [0.29, 0.717) is 41.8 Å². The van der Waals surface area contributed by atoms with Crippen molar-refractivity contribution in [3.63, 3.8) is 0 Å². The fraction of sp³-hybridized carbons (Fsp3) is 0.370. The van der Waals surface area contributed by atoms with Gasteiger partial charge in [0, 0.05) is 29.3 Å². The molecule has 34 heavy (non-hydrogen) atoms. The number of allylic oxidation sites excluding steroid dienone is 2. The van der Waals surface area contributed by atoms with Crippen LogP contribution in [-0.4, -0.2) is 36.3 Å². The van der Waals surface area contributed by atoms with Crippen molar-refractivity contribution in [1.82, 2.24) is 0 Å². The topological polar surface area (TPSA) is 85.2 Å². The Kier molecular flexibility index (Phi) is 7.08. The number of phenolic OH excluding ortho intramolecular Hbond substituents is 1. The molecule has 1 heterocycles. The van der Waals surface area contributed by atoms with E-state index in [9.17, 15) is 14.7 Å². The minimum absolute atomic E-state index is 0.0196. The quantitative estimate of drug-likeness (QED) is 0.544. The second-order valence-corrected chi connectivity index (χ2v) is 9.14. The molecule has 0 saturated carbocycles. The van der Waals surface area contributed by atoms with Gasteiger partial charge in [0.2, 0.25) is 0 Å². The van der Waals surface area contributed by atoms with E-state index < -0.39 is 17.8 Å². The van der Waals surface area contributed by atoms with E-state index in [1.54, 1.807) is 19.1 Å². The molecule has 0 radical (unpaired) electrons. The molecule has 2 aromatic rings. The van der Waals surface area contributed by atoms with Crippen LogP contribution >= 0.6 is 11.6 Å². The Hall–Kier alpha value is -3.12. The number of nitrogens with zero attached hydrogens (tertiary/aromatic N) is 1. The van der Waals surface area contributed by atoms with Gasteiger partial charge in [-0.2, -0.15) is 0 Å². The number of carbonyl (C=O) groups excluding carboxylic acids is 2. The van der Waals surface area contributed by atoms with Crippen LogP contribution in [0.15, 0.2) is 58.7 Å². The maximum atomic E-state index is 13.6. The van der Waals surface area contributed by atoms with Crippen LogP contribution in [0, 0.1) is 5.92 Å². The molecule has 2 aliphatic rings. The molecule has 4 rings (SSSR count). The number of rotatable bonds is 6. The lowest BCUT2D eigenvalue weighted by Crippen LogP contribution is -2.38. The van der Waals surface area contributed by atoms with Gasteiger partial charge in [-0.25, -0.2) is 0 Å². The molecule has 6 nitrogen and oxygen atoms in total. The highest BCUT2D eigenvalue weighted by Crippen LogP contribution is 2.49. The minimum atomic E-state index is -0.771. The van der Waals surface area contributed by atoms with Gasteiger partial charge in [-0.05, 0) is 48.9 Å². The highest BCUT2D eigenvalue weighted by Gasteiger charge is 2.45. The highest BCUT2D eigenvalue weighted by molar-refractivity contribution is 6.32. The fourth-order valence-electron chi connectivity index (χ4n) is 4.91. The lowest BCUT2D eigenvalue weighted by atomic mass is 9.69. The summed E-state index contributed by atoms with van der Waals surface area (Å²) in [5.74, 6) is -1.87. The van der Waals surface area contributed by atoms with Gasteiger partial charge < -0.3 is 14.6 Å². The van der Waals surface area contributed by atoms with Crippen LogP contribution < -0.4 is 4.74 Å². The van der Waals surface area contributed by atoms with Crippen molar-refractivity contribution in [3.8, 4) is 11.5 Å². The van der Waals surface area contributed by atoms with Gasteiger partial charge in [0.1, 0.15) is 5.92 Å². The fourth-order valence-corrected chi connectivity index (χ4v) is 5.13. The molecule has 0 saturated heterocycles. The van der Waals surface area contributed by atoms with Crippen LogP contribution in [0.5, 0.6) is 11.5 Å². The van der Waals surface area contributed by atoms with Crippen molar-refractivity contribution in [3.05, 3.63) is 69.9 Å². The molecule has 0 amide bonds. The van der Waals surface area contributed by atoms with Gasteiger partial charge in [-0.1, -0.05) is 48.9 Å². The first-order valence-electron chi connectivity index (χ1n) is 11.4. The van der Waals surface area contributed by atoms with E-state index >= 15 is 0 Å². The standard InChI is InChI=1S/C27H28ClNO5/c1-4-10-34-27(32)23-15(2)29-20-12-17(16-8-6-5-7-9-16)13-21(30)25(20)24(23)18-11-19(28)26(31)22(14-18)33-3/h5-9,11,14,17,23-24,31H,4,10,12-13H2,1-3H3/t17-,23?,24-/m0/s1. The molecule has 2 aromatic carbocycles. The van der Waals surface area contributed by atoms with Gasteiger partial charge in [0.05, 0.1) is 18.7 Å². The van der Waals surface area contributed by atoms with Crippen LogP contribution in [0.3, 0.4) is 0 Å². The lowest BCUT2D eigenvalue weighted by Gasteiger charge is -2.36. The predicted molar refractivity (Wildman–Crippen MR) is 131 cm³/mol. The van der Waals surface area contributed by atoms with Crippen molar-refractivity contribution >= 4 is 29.1 Å². The Morgan fingerprint density at radius 1 is 1.18 bits per heavy atom. The van der Waals surface area contributed by atoms with Gasteiger partial charge in [-0.3, -0.25) is 14.6 Å². The molecule has 1 aliphatic heterocycles. The van der Waals surface area contributed by atoms with Crippen molar-refractivity contribution in [2.24, 2.45) is 10.9 Å². The average molecular weight is 482 g/mol. The molecule has 1 N–H and O–H groups in total. The summed E-state index contributed by atoms with van der Waals surface area (Å²) in [4.78, 5) is 31.5. The van der Waals surface area contributed by atoms with Crippen LogP contribution in [0.25, 0.3) is 0 Å². The van der Waals surface area contributed by atoms with Crippen molar-refractivity contribution in [2.75, 3.05) is 13.7 Å². The minimum Gasteiger partial charge on any atom is -0.503 e. The van der Waals surface area contributed by atoms with Crippen molar-refractivity contribution in [1.29, 1.82) is 0 Å². The Bertz CT molecular complexity index is 1170. The summed E-state index contributed by atoms with van der Waals surface area (Å²) in [6, 6.07) is 13.1. The van der Waals surface area contributed by atoms with E-state index in [4.69, 9.17) is 26.1 Å². The van der Waals surface area contributed by atoms with Crippen LogP contribution in [-0.2, 0) is 14.3 Å². The van der Waals surface area contributed by atoms with Crippen molar-refractivity contribution < 1.29 is 24.2 Å². The van der Waals surface area contributed by atoms with E-state index in [-0.39, 0.29) is 34.8 Å². The molecule has 0 spiro atoms. The summed E-state index contributed by atoms with van der Waals surface area (Å²) < 4.78 is 10.8. The number of aliphatic imine (C=N–C) groups is 1.